The second-order valence-corrected chi connectivity index (χ2v) is 10.6. The fourth-order valence-corrected chi connectivity index (χ4v) is 4.78. The monoisotopic (exact) mass is 475 g/mol. The van der Waals surface area contributed by atoms with Crippen molar-refractivity contribution in [2.75, 3.05) is 11.1 Å². The Hall–Kier alpha value is -2.80. The first-order chi connectivity index (χ1) is 14.6. The Morgan fingerprint density at radius 1 is 1.19 bits per heavy atom. The van der Waals surface area contributed by atoms with Gasteiger partial charge in [0.25, 0.3) is 0 Å². The fraction of sp³-hybridized carbons (Fsp3) is 0.421. The standard InChI is InChI=1S/C19H21F4N5O3S/c1-17(2)16(24)28-18(3,9-32(17,30)31)14-11(20)5-7-13(26-14)27-15(29)12-6-4-10(8-25-12)19(21,22)23/h4-8,15,29H,9H2,1-3H3,(H2,24,28)(H,26,27)/t15?,18-/m0/s1. The number of anilines is 1. The first kappa shape index (κ1) is 23.9. The molecular weight excluding hydrogens is 454 g/mol. The first-order valence-electron chi connectivity index (χ1n) is 9.30. The van der Waals surface area contributed by atoms with Crippen LogP contribution in [0, 0.1) is 5.82 Å². The lowest BCUT2D eigenvalue weighted by atomic mass is 9.98. The van der Waals surface area contributed by atoms with Crippen LogP contribution in [0.3, 0.4) is 0 Å². The van der Waals surface area contributed by atoms with Gasteiger partial charge in [-0.05, 0) is 45.0 Å². The maximum absolute atomic E-state index is 14.6. The molecule has 0 saturated heterocycles. The van der Waals surface area contributed by atoms with E-state index in [9.17, 15) is 31.1 Å². The minimum Gasteiger partial charge on any atom is -0.386 e. The molecule has 0 fully saturated rings. The predicted octanol–water partition coefficient (Wildman–Crippen LogP) is 2.52. The molecule has 3 rings (SSSR count). The van der Waals surface area contributed by atoms with E-state index >= 15 is 0 Å². The summed E-state index contributed by atoms with van der Waals surface area (Å²) >= 11 is 0. The number of pyridine rings is 2. The number of aromatic nitrogens is 2. The summed E-state index contributed by atoms with van der Waals surface area (Å²) in [7, 11) is -3.81. The van der Waals surface area contributed by atoms with Crippen molar-refractivity contribution in [2.45, 2.75) is 43.5 Å². The van der Waals surface area contributed by atoms with Crippen molar-refractivity contribution >= 4 is 21.5 Å². The summed E-state index contributed by atoms with van der Waals surface area (Å²) in [6, 6.07) is 3.90. The van der Waals surface area contributed by atoms with Gasteiger partial charge in [0.15, 0.2) is 16.1 Å². The number of hydrogen-bond acceptors (Lipinski definition) is 8. The lowest BCUT2D eigenvalue weighted by Crippen LogP contribution is -2.55. The molecule has 0 saturated carbocycles. The smallest absolute Gasteiger partial charge is 0.386 e. The van der Waals surface area contributed by atoms with Gasteiger partial charge < -0.3 is 16.2 Å². The predicted molar refractivity (Wildman–Crippen MR) is 109 cm³/mol. The van der Waals surface area contributed by atoms with Crippen molar-refractivity contribution in [1.82, 2.24) is 9.97 Å². The third-order valence-corrected chi connectivity index (χ3v) is 7.97. The second-order valence-electron chi connectivity index (χ2n) is 8.08. The zero-order valence-corrected chi connectivity index (χ0v) is 18.1. The SMILES string of the molecule is CC1(C)C(N)=N[C@](C)(c2nc(NC(O)c3ccc(C(F)(F)F)cn3)ccc2F)CS1(=O)=O. The number of alkyl halides is 3. The minimum atomic E-state index is -4.58. The van der Waals surface area contributed by atoms with Crippen LogP contribution in [0.2, 0.25) is 0 Å². The van der Waals surface area contributed by atoms with E-state index in [1.165, 1.54) is 26.8 Å². The van der Waals surface area contributed by atoms with E-state index < -0.39 is 49.7 Å². The van der Waals surface area contributed by atoms with Gasteiger partial charge in [0.1, 0.15) is 33.5 Å². The number of halogens is 4. The zero-order chi connectivity index (χ0) is 24.1. The molecule has 32 heavy (non-hydrogen) atoms. The molecule has 1 aliphatic rings. The van der Waals surface area contributed by atoms with Crippen LogP contribution in [0.5, 0.6) is 0 Å². The average Bonchev–Trinajstić information content (AvgIpc) is 2.67. The highest BCUT2D eigenvalue weighted by atomic mass is 32.2. The third kappa shape index (κ3) is 4.26. The summed E-state index contributed by atoms with van der Waals surface area (Å²) in [5.74, 6) is -1.66. The molecule has 3 heterocycles. The molecule has 0 radical (unpaired) electrons. The molecule has 0 amide bonds. The average molecular weight is 475 g/mol. The van der Waals surface area contributed by atoms with Crippen LogP contribution in [0.25, 0.3) is 0 Å². The highest BCUT2D eigenvalue weighted by Gasteiger charge is 2.50. The van der Waals surface area contributed by atoms with Crippen molar-refractivity contribution in [2.24, 2.45) is 10.7 Å². The van der Waals surface area contributed by atoms with Crippen LogP contribution >= 0.6 is 0 Å². The van der Waals surface area contributed by atoms with Gasteiger partial charge in [-0.25, -0.2) is 17.8 Å². The molecule has 2 atom stereocenters. The van der Waals surface area contributed by atoms with Crippen molar-refractivity contribution < 1.29 is 31.1 Å². The van der Waals surface area contributed by atoms with Gasteiger partial charge in [0.05, 0.1) is 17.0 Å². The van der Waals surface area contributed by atoms with Crippen LogP contribution in [0.15, 0.2) is 35.5 Å². The number of aliphatic hydroxyl groups excluding tert-OH is 1. The van der Waals surface area contributed by atoms with E-state index in [-0.39, 0.29) is 23.0 Å². The molecule has 0 aromatic carbocycles. The van der Waals surface area contributed by atoms with E-state index in [0.717, 1.165) is 18.2 Å². The Bertz CT molecular complexity index is 1170. The largest absolute Gasteiger partial charge is 0.417 e. The van der Waals surface area contributed by atoms with Crippen LogP contribution in [-0.4, -0.2) is 39.8 Å². The number of nitrogens with zero attached hydrogens (tertiary/aromatic N) is 3. The van der Waals surface area contributed by atoms with Crippen LogP contribution in [-0.2, 0) is 21.6 Å². The molecule has 13 heteroatoms. The Labute approximate surface area is 181 Å². The third-order valence-electron chi connectivity index (χ3n) is 5.27. The number of aliphatic imine (C=N–C) groups is 1. The van der Waals surface area contributed by atoms with E-state index in [1.54, 1.807) is 0 Å². The Morgan fingerprint density at radius 2 is 1.84 bits per heavy atom. The number of amidine groups is 1. The molecule has 174 valence electrons. The maximum Gasteiger partial charge on any atom is 0.417 e. The Kier molecular flexibility index (Phi) is 5.71. The number of rotatable bonds is 4. The summed E-state index contributed by atoms with van der Waals surface area (Å²) in [5.41, 5.74) is 2.79. The summed E-state index contributed by atoms with van der Waals surface area (Å²) in [6.07, 6.45) is -5.58. The quantitative estimate of drug-likeness (QED) is 0.458. The van der Waals surface area contributed by atoms with Gasteiger partial charge in [-0.2, -0.15) is 13.2 Å². The van der Waals surface area contributed by atoms with E-state index in [0.29, 0.717) is 6.20 Å². The van der Waals surface area contributed by atoms with E-state index in [4.69, 9.17) is 5.73 Å². The van der Waals surface area contributed by atoms with Crippen molar-refractivity contribution in [3.63, 3.8) is 0 Å². The number of hydrogen-bond donors (Lipinski definition) is 3. The molecule has 0 spiro atoms. The van der Waals surface area contributed by atoms with Crippen LogP contribution in [0.4, 0.5) is 23.4 Å². The highest BCUT2D eigenvalue weighted by molar-refractivity contribution is 7.93. The van der Waals surface area contributed by atoms with Gasteiger partial charge in [0.2, 0.25) is 0 Å². The number of aliphatic hydroxyl groups is 1. The molecule has 0 aliphatic carbocycles. The first-order valence-corrected chi connectivity index (χ1v) is 10.9. The second kappa shape index (κ2) is 7.66. The van der Waals surface area contributed by atoms with Crippen LogP contribution < -0.4 is 11.1 Å². The van der Waals surface area contributed by atoms with E-state index in [1.807, 2.05) is 0 Å². The van der Waals surface area contributed by atoms with Gasteiger partial charge in [-0.1, -0.05) is 0 Å². The molecule has 2 aromatic heterocycles. The van der Waals surface area contributed by atoms with Crippen LogP contribution in [0.1, 0.15) is 44.0 Å². The lowest BCUT2D eigenvalue weighted by Gasteiger charge is -2.37. The fourth-order valence-electron chi connectivity index (χ4n) is 3.11. The van der Waals surface area contributed by atoms with Crippen molar-refractivity contribution in [1.29, 1.82) is 0 Å². The van der Waals surface area contributed by atoms with Crippen molar-refractivity contribution in [3.8, 4) is 0 Å². The topological polar surface area (TPSA) is 131 Å². The van der Waals surface area contributed by atoms with Gasteiger partial charge >= 0.3 is 6.18 Å². The normalized spacial score (nSPS) is 23.3. The van der Waals surface area contributed by atoms with Crippen molar-refractivity contribution in [3.05, 3.63) is 53.2 Å². The molecule has 1 aliphatic heterocycles. The molecular formula is C19H21F4N5O3S. The molecule has 8 nitrogen and oxygen atoms in total. The Balaban J connectivity index is 1.92. The molecule has 1 unspecified atom stereocenters. The van der Waals surface area contributed by atoms with Gasteiger partial charge in [-0.3, -0.25) is 9.98 Å². The number of nitrogens with one attached hydrogen (secondary N) is 1. The van der Waals surface area contributed by atoms with Gasteiger partial charge in [-0.15, -0.1) is 0 Å². The lowest BCUT2D eigenvalue weighted by molar-refractivity contribution is -0.137. The van der Waals surface area contributed by atoms with E-state index in [2.05, 4.69) is 20.3 Å². The molecule has 2 aromatic rings. The highest BCUT2D eigenvalue weighted by Crippen LogP contribution is 2.37. The number of sulfone groups is 1. The number of nitrogens with two attached hydrogens (primary N) is 1. The molecule has 4 N–H and O–H groups in total. The zero-order valence-electron chi connectivity index (χ0n) is 17.3. The summed E-state index contributed by atoms with van der Waals surface area (Å²) in [6.45, 7) is 4.17. The maximum atomic E-state index is 14.6. The van der Waals surface area contributed by atoms with Gasteiger partial charge in [0, 0.05) is 6.20 Å². The summed E-state index contributed by atoms with van der Waals surface area (Å²) < 4.78 is 76.6. The summed E-state index contributed by atoms with van der Waals surface area (Å²) in [5, 5.41) is 12.8. The molecule has 0 bridgehead atoms. The minimum absolute atomic E-state index is 0.0761. The Morgan fingerprint density at radius 3 is 2.38 bits per heavy atom. The summed E-state index contributed by atoms with van der Waals surface area (Å²) in [4.78, 5) is 11.8.